The van der Waals surface area contributed by atoms with Crippen molar-refractivity contribution in [3.63, 3.8) is 0 Å². The van der Waals surface area contributed by atoms with Crippen LogP contribution in [-0.2, 0) is 6.54 Å². The van der Waals surface area contributed by atoms with Crippen LogP contribution in [0.5, 0.6) is 0 Å². The molecule has 6 heteroatoms. The summed E-state index contributed by atoms with van der Waals surface area (Å²) >= 11 is 8.36. The van der Waals surface area contributed by atoms with Crippen LogP contribution in [0.25, 0.3) is 0 Å². The van der Waals surface area contributed by atoms with Crippen molar-refractivity contribution in [1.29, 1.82) is 0 Å². The van der Waals surface area contributed by atoms with E-state index in [1.807, 2.05) is 18.2 Å². The highest BCUT2D eigenvalue weighted by molar-refractivity contribution is 9.12. The second kappa shape index (κ2) is 7.45. The Morgan fingerprint density at radius 1 is 1.35 bits per heavy atom. The number of hydrogen-bond acceptors (Lipinski definition) is 4. The zero-order chi connectivity index (χ0) is 14.5. The highest BCUT2D eigenvalue weighted by Gasteiger charge is 2.16. The predicted molar refractivity (Wildman–Crippen MR) is 89.2 cm³/mol. The van der Waals surface area contributed by atoms with E-state index in [4.69, 9.17) is 0 Å². The highest BCUT2D eigenvalue weighted by atomic mass is 79.9. The Labute approximate surface area is 139 Å². The molecule has 2 heterocycles. The summed E-state index contributed by atoms with van der Waals surface area (Å²) in [5.74, 6) is 0.134. The maximum Gasteiger partial charge on any atom is 0.178 e. The summed E-state index contributed by atoms with van der Waals surface area (Å²) in [5, 5.41) is 0. The van der Waals surface area contributed by atoms with Gasteiger partial charge in [-0.05, 0) is 62.2 Å². The third-order valence-electron chi connectivity index (χ3n) is 2.93. The molecule has 0 aliphatic rings. The molecule has 0 fully saturated rings. The fourth-order valence-electron chi connectivity index (χ4n) is 1.84. The first-order valence-electron chi connectivity index (χ1n) is 6.19. The number of likely N-dealkylation sites (N-methyl/N-ethyl adjacent to an activating group) is 1. The molecular weight excluding hydrogens is 404 g/mol. The monoisotopic (exact) mass is 416 g/mol. The molecular formula is C14H14Br2N2OS. The van der Waals surface area contributed by atoms with Crippen molar-refractivity contribution in [2.24, 2.45) is 0 Å². The third kappa shape index (κ3) is 4.22. The van der Waals surface area contributed by atoms with Crippen LogP contribution in [0, 0.1) is 0 Å². The number of hydrogen-bond donors (Lipinski definition) is 0. The smallest absolute Gasteiger partial charge is 0.178 e. The van der Waals surface area contributed by atoms with E-state index in [-0.39, 0.29) is 5.78 Å². The Balaban J connectivity index is 2.03. The van der Waals surface area contributed by atoms with Gasteiger partial charge in [0.25, 0.3) is 0 Å². The lowest BCUT2D eigenvalue weighted by atomic mass is 10.2. The Kier molecular flexibility index (Phi) is 5.89. The molecule has 20 heavy (non-hydrogen) atoms. The topological polar surface area (TPSA) is 33.2 Å². The fraction of sp³-hybridized carbons (Fsp3) is 0.286. The van der Waals surface area contributed by atoms with Gasteiger partial charge in [0.1, 0.15) is 0 Å². The molecule has 0 atom stereocenters. The lowest BCUT2D eigenvalue weighted by molar-refractivity contribution is 0.0929. The Bertz CT molecular complexity index is 586. The lowest BCUT2D eigenvalue weighted by Gasteiger charge is -2.19. The molecule has 106 valence electrons. The second-order valence-corrected chi connectivity index (χ2v) is 8.07. The molecule has 0 spiro atoms. The molecule has 0 amide bonds. The first-order valence-corrected chi connectivity index (χ1v) is 8.59. The maximum atomic E-state index is 12.3. The minimum atomic E-state index is 0.134. The van der Waals surface area contributed by atoms with E-state index in [9.17, 15) is 4.79 Å². The summed E-state index contributed by atoms with van der Waals surface area (Å²) in [5.41, 5.74) is 1.91. The van der Waals surface area contributed by atoms with E-state index in [0.29, 0.717) is 6.54 Å². The Hall–Kier alpha value is -0.560. The van der Waals surface area contributed by atoms with Crippen molar-refractivity contribution in [2.75, 3.05) is 13.1 Å². The van der Waals surface area contributed by atoms with E-state index in [0.717, 1.165) is 26.2 Å². The molecule has 3 nitrogen and oxygen atoms in total. The van der Waals surface area contributed by atoms with E-state index in [1.54, 1.807) is 12.4 Å². The summed E-state index contributed by atoms with van der Waals surface area (Å²) in [6.07, 6.45) is 3.55. The number of carbonyl (C=O) groups is 1. The SMILES string of the molecule is CCN(CC(=O)c1cc(Br)sc1Br)Cc1ccncc1. The molecule has 2 rings (SSSR count). The molecule has 0 aliphatic heterocycles. The van der Waals surface area contributed by atoms with Crippen LogP contribution >= 0.6 is 43.2 Å². The normalized spacial score (nSPS) is 11.0. The van der Waals surface area contributed by atoms with Crippen LogP contribution < -0.4 is 0 Å². The number of thiophene rings is 1. The predicted octanol–water partition coefficient (Wildman–Crippen LogP) is 4.37. The van der Waals surface area contributed by atoms with Gasteiger partial charge in [-0.3, -0.25) is 14.7 Å². The molecule has 0 saturated heterocycles. The minimum Gasteiger partial charge on any atom is -0.293 e. The number of Topliss-reactive ketones (excluding diaryl/α,β-unsaturated/α-hetero) is 1. The maximum absolute atomic E-state index is 12.3. The van der Waals surface area contributed by atoms with Crippen LogP contribution in [0.3, 0.4) is 0 Å². The summed E-state index contributed by atoms with van der Waals surface area (Å²) < 4.78 is 1.85. The highest BCUT2D eigenvalue weighted by Crippen LogP contribution is 2.32. The average Bonchev–Trinajstić information content (AvgIpc) is 2.78. The second-order valence-electron chi connectivity index (χ2n) is 4.32. The first-order chi connectivity index (χ1) is 9.60. The van der Waals surface area contributed by atoms with Gasteiger partial charge in [-0.25, -0.2) is 0 Å². The summed E-state index contributed by atoms with van der Waals surface area (Å²) in [7, 11) is 0. The number of rotatable bonds is 6. The van der Waals surface area contributed by atoms with Crippen molar-refractivity contribution in [2.45, 2.75) is 13.5 Å². The zero-order valence-corrected chi connectivity index (χ0v) is 15.0. The van der Waals surface area contributed by atoms with Crippen LogP contribution in [-0.4, -0.2) is 28.8 Å². The zero-order valence-electron chi connectivity index (χ0n) is 11.0. The molecule has 0 aromatic carbocycles. The number of aromatic nitrogens is 1. The molecule has 2 aromatic rings. The number of carbonyl (C=O) groups excluding carboxylic acids is 1. The molecule has 0 saturated carbocycles. The molecule has 0 unspecified atom stereocenters. The van der Waals surface area contributed by atoms with Gasteiger partial charge < -0.3 is 0 Å². The molecule has 2 aromatic heterocycles. The third-order valence-corrected chi connectivity index (χ3v) is 5.27. The molecule has 0 N–H and O–H groups in total. The van der Waals surface area contributed by atoms with Gasteiger partial charge in [0.05, 0.1) is 14.1 Å². The van der Waals surface area contributed by atoms with E-state index >= 15 is 0 Å². The van der Waals surface area contributed by atoms with Crippen molar-refractivity contribution in [3.05, 3.63) is 49.3 Å². The minimum absolute atomic E-state index is 0.134. The number of pyridine rings is 1. The van der Waals surface area contributed by atoms with Crippen LogP contribution in [0.4, 0.5) is 0 Å². The molecule has 0 aliphatic carbocycles. The molecule has 0 bridgehead atoms. The van der Waals surface area contributed by atoms with Gasteiger partial charge in [0.15, 0.2) is 5.78 Å². The Morgan fingerprint density at radius 2 is 2.05 bits per heavy atom. The summed E-state index contributed by atoms with van der Waals surface area (Å²) in [6.45, 7) is 4.07. The van der Waals surface area contributed by atoms with E-state index in [1.165, 1.54) is 16.9 Å². The number of ketones is 1. The largest absolute Gasteiger partial charge is 0.293 e. The van der Waals surface area contributed by atoms with Crippen LogP contribution in [0.2, 0.25) is 0 Å². The van der Waals surface area contributed by atoms with Gasteiger partial charge in [0.2, 0.25) is 0 Å². The van der Waals surface area contributed by atoms with Gasteiger partial charge in [-0.1, -0.05) is 6.92 Å². The van der Waals surface area contributed by atoms with Gasteiger partial charge >= 0.3 is 0 Å². The standard InChI is InChI=1S/C14H14Br2N2OS/c1-2-18(8-10-3-5-17-6-4-10)9-12(19)11-7-13(15)20-14(11)16/h3-7H,2,8-9H2,1H3. The first kappa shape index (κ1) is 15.8. The van der Waals surface area contributed by atoms with Gasteiger partial charge in [-0.15, -0.1) is 11.3 Å². The van der Waals surface area contributed by atoms with Gasteiger partial charge in [0, 0.05) is 24.5 Å². The number of halogens is 2. The van der Waals surface area contributed by atoms with Crippen molar-refractivity contribution < 1.29 is 4.79 Å². The average molecular weight is 418 g/mol. The summed E-state index contributed by atoms with van der Waals surface area (Å²) in [4.78, 5) is 18.5. The summed E-state index contributed by atoms with van der Waals surface area (Å²) in [6, 6.07) is 5.83. The van der Waals surface area contributed by atoms with E-state index in [2.05, 4.69) is 48.7 Å². The lowest BCUT2D eigenvalue weighted by Crippen LogP contribution is -2.29. The van der Waals surface area contributed by atoms with Crippen LogP contribution in [0.1, 0.15) is 22.8 Å². The van der Waals surface area contributed by atoms with Gasteiger partial charge in [-0.2, -0.15) is 0 Å². The van der Waals surface area contributed by atoms with E-state index < -0.39 is 0 Å². The van der Waals surface area contributed by atoms with Crippen molar-refractivity contribution in [1.82, 2.24) is 9.88 Å². The quantitative estimate of drug-likeness (QED) is 0.654. The fourth-order valence-corrected chi connectivity index (χ4v) is 4.70. The Morgan fingerprint density at radius 3 is 2.60 bits per heavy atom. The van der Waals surface area contributed by atoms with Crippen molar-refractivity contribution in [3.8, 4) is 0 Å². The van der Waals surface area contributed by atoms with Crippen LogP contribution in [0.15, 0.2) is 38.2 Å². The number of nitrogens with zero attached hydrogens (tertiary/aromatic N) is 2. The molecule has 0 radical (unpaired) electrons. The van der Waals surface area contributed by atoms with Crippen molar-refractivity contribution >= 4 is 49.0 Å².